The van der Waals surface area contributed by atoms with Crippen LogP contribution in [0, 0.1) is 5.82 Å². The Kier molecular flexibility index (Phi) is 3.19. The van der Waals surface area contributed by atoms with Gasteiger partial charge in [0.25, 0.3) is 0 Å². The van der Waals surface area contributed by atoms with Crippen LogP contribution in [0.25, 0.3) is 0 Å². The minimum Gasteiger partial charge on any atom is -0.278 e. The lowest BCUT2D eigenvalue weighted by molar-refractivity contribution is -0.120. The molecule has 0 unspecified atom stereocenters. The second-order valence-corrected chi connectivity index (χ2v) is 3.66. The van der Waals surface area contributed by atoms with Crippen molar-refractivity contribution < 1.29 is 14.0 Å². The minimum absolute atomic E-state index is 0.0366. The Balaban J connectivity index is 2.28. The summed E-state index contributed by atoms with van der Waals surface area (Å²) in [4.78, 5) is 23.4. The number of rotatable bonds is 2. The number of carbonyl (C=O) groups excluding carboxylic acids is 2. The molecule has 1 aromatic rings. The van der Waals surface area contributed by atoms with E-state index in [1.165, 1.54) is 0 Å². The third-order valence-electron chi connectivity index (χ3n) is 2.23. The lowest BCUT2D eigenvalue weighted by Crippen LogP contribution is -2.50. The first-order chi connectivity index (χ1) is 8.11. The molecule has 17 heavy (non-hydrogen) atoms. The van der Waals surface area contributed by atoms with Gasteiger partial charge in [0.05, 0.1) is 11.6 Å². The number of alkyl halides is 1. The molecule has 90 valence electrons. The minimum atomic E-state index is -0.701. The number of imide groups is 1. The molecule has 0 atom stereocenters. The van der Waals surface area contributed by atoms with Gasteiger partial charge in [-0.2, -0.15) is 5.10 Å². The fourth-order valence-electron chi connectivity index (χ4n) is 1.41. The van der Waals surface area contributed by atoms with Gasteiger partial charge in [-0.25, -0.2) is 9.18 Å². The zero-order chi connectivity index (χ0) is 12.4. The monoisotopic (exact) mass is 258 g/mol. The van der Waals surface area contributed by atoms with Crippen molar-refractivity contribution in [3.8, 4) is 0 Å². The van der Waals surface area contributed by atoms with E-state index in [1.54, 1.807) is 0 Å². The molecular weight excluding hydrogens is 251 g/mol. The Bertz CT molecular complexity index is 482. The number of amides is 3. The number of nitrogens with one attached hydrogen (secondary N) is 1. The Labute approximate surface area is 101 Å². The largest absolute Gasteiger partial charge is 0.329 e. The van der Waals surface area contributed by atoms with Gasteiger partial charge in [0.15, 0.2) is 11.6 Å². The van der Waals surface area contributed by atoms with E-state index in [-0.39, 0.29) is 30.4 Å². The highest BCUT2D eigenvalue weighted by atomic mass is 35.5. The highest BCUT2D eigenvalue weighted by Crippen LogP contribution is 2.18. The Morgan fingerprint density at radius 1 is 1.47 bits per heavy atom. The molecule has 0 saturated carbocycles. The van der Waals surface area contributed by atoms with Crippen molar-refractivity contribution >= 4 is 29.4 Å². The van der Waals surface area contributed by atoms with Crippen LogP contribution in [0.1, 0.15) is 12.1 Å². The zero-order valence-corrected chi connectivity index (χ0v) is 9.37. The van der Waals surface area contributed by atoms with Gasteiger partial charge in [0.1, 0.15) is 0 Å². The van der Waals surface area contributed by atoms with Crippen molar-refractivity contribution in [3.05, 3.63) is 17.6 Å². The molecule has 6 nitrogen and oxygen atoms in total. The highest BCUT2D eigenvalue weighted by Gasteiger charge is 2.27. The molecule has 2 rings (SSSR count). The molecule has 1 aliphatic heterocycles. The van der Waals surface area contributed by atoms with Crippen molar-refractivity contribution in [3.63, 3.8) is 0 Å². The van der Waals surface area contributed by atoms with Crippen LogP contribution in [0.15, 0.2) is 6.07 Å². The Morgan fingerprint density at radius 3 is 2.82 bits per heavy atom. The number of hydrogen-bond acceptors (Lipinski definition) is 4. The van der Waals surface area contributed by atoms with E-state index in [2.05, 4.69) is 15.5 Å². The summed E-state index contributed by atoms with van der Waals surface area (Å²) in [5.74, 6) is -1.25. The first kappa shape index (κ1) is 11.7. The van der Waals surface area contributed by atoms with Gasteiger partial charge < -0.3 is 0 Å². The Morgan fingerprint density at radius 2 is 2.24 bits per heavy atom. The number of aromatic nitrogens is 2. The van der Waals surface area contributed by atoms with E-state index in [0.717, 1.165) is 11.0 Å². The second kappa shape index (κ2) is 4.62. The summed E-state index contributed by atoms with van der Waals surface area (Å²) < 4.78 is 13.6. The van der Waals surface area contributed by atoms with Crippen LogP contribution in [0.2, 0.25) is 0 Å². The van der Waals surface area contributed by atoms with E-state index < -0.39 is 17.8 Å². The summed E-state index contributed by atoms with van der Waals surface area (Å²) in [6.07, 6.45) is 0.101. The summed E-state index contributed by atoms with van der Waals surface area (Å²) in [6, 6.07) is 0.409. The molecule has 0 aliphatic carbocycles. The first-order valence-electron chi connectivity index (χ1n) is 4.81. The van der Waals surface area contributed by atoms with E-state index >= 15 is 0 Å². The second-order valence-electron chi connectivity index (χ2n) is 3.40. The molecule has 8 heteroatoms. The maximum Gasteiger partial charge on any atom is 0.329 e. The molecule has 0 radical (unpaired) electrons. The first-order valence-corrected chi connectivity index (χ1v) is 5.34. The molecule has 3 amide bonds. The van der Waals surface area contributed by atoms with E-state index in [0.29, 0.717) is 0 Å². The van der Waals surface area contributed by atoms with Gasteiger partial charge in [0, 0.05) is 19.0 Å². The molecular formula is C9H8ClFN4O2. The lowest BCUT2D eigenvalue weighted by atomic mass is 10.3. The van der Waals surface area contributed by atoms with Crippen molar-refractivity contribution in [1.29, 1.82) is 0 Å². The topological polar surface area (TPSA) is 75.2 Å². The number of anilines is 1. The van der Waals surface area contributed by atoms with Gasteiger partial charge in [0.2, 0.25) is 5.91 Å². The van der Waals surface area contributed by atoms with Crippen LogP contribution in [0.4, 0.5) is 15.0 Å². The maximum absolute atomic E-state index is 13.6. The van der Waals surface area contributed by atoms with Crippen molar-refractivity contribution in [2.75, 3.05) is 11.4 Å². The quantitative estimate of drug-likeness (QED) is 0.796. The fraction of sp³-hybridized carbons (Fsp3) is 0.333. The predicted octanol–water partition coefficient (Wildman–Crippen LogP) is 0.801. The average molecular weight is 259 g/mol. The summed E-state index contributed by atoms with van der Waals surface area (Å²) in [7, 11) is 0. The molecule has 0 aromatic carbocycles. The number of halogens is 2. The van der Waals surface area contributed by atoms with E-state index in [9.17, 15) is 14.0 Å². The third kappa shape index (κ3) is 2.33. The number of nitrogens with zero attached hydrogens (tertiary/aromatic N) is 3. The number of hydrogen-bond donors (Lipinski definition) is 1. The molecule has 1 aliphatic rings. The van der Waals surface area contributed by atoms with Crippen molar-refractivity contribution in [1.82, 2.24) is 15.5 Å². The normalized spacial score (nSPS) is 16.0. The fourth-order valence-corrected chi connectivity index (χ4v) is 1.54. The van der Waals surface area contributed by atoms with Gasteiger partial charge in [-0.3, -0.25) is 15.0 Å². The van der Waals surface area contributed by atoms with Gasteiger partial charge in [-0.15, -0.1) is 16.7 Å². The van der Waals surface area contributed by atoms with Crippen LogP contribution in [-0.4, -0.2) is 28.7 Å². The van der Waals surface area contributed by atoms with Gasteiger partial charge >= 0.3 is 6.03 Å². The van der Waals surface area contributed by atoms with E-state index in [4.69, 9.17) is 11.6 Å². The predicted molar refractivity (Wildman–Crippen MR) is 57.0 cm³/mol. The SMILES string of the molecule is O=C1CCN(c2nnc(CCl)cc2F)C(=O)N1. The molecule has 0 spiro atoms. The zero-order valence-electron chi connectivity index (χ0n) is 8.61. The van der Waals surface area contributed by atoms with Gasteiger partial charge in [-0.1, -0.05) is 0 Å². The lowest BCUT2D eigenvalue weighted by Gasteiger charge is -2.25. The van der Waals surface area contributed by atoms with Crippen LogP contribution < -0.4 is 10.2 Å². The molecule has 1 saturated heterocycles. The summed E-state index contributed by atoms with van der Waals surface area (Å²) in [5.41, 5.74) is 0.279. The van der Waals surface area contributed by atoms with E-state index in [1.807, 2.05) is 0 Å². The molecule has 1 fully saturated rings. The highest BCUT2D eigenvalue weighted by molar-refractivity contribution is 6.16. The average Bonchev–Trinajstić information content (AvgIpc) is 2.30. The van der Waals surface area contributed by atoms with Crippen molar-refractivity contribution in [2.45, 2.75) is 12.3 Å². The summed E-state index contributed by atoms with van der Waals surface area (Å²) >= 11 is 5.48. The Hall–Kier alpha value is -1.76. The van der Waals surface area contributed by atoms with Gasteiger partial charge in [-0.05, 0) is 0 Å². The standard InChI is InChI=1S/C9H8ClFN4O2/c10-4-5-3-6(11)8(14-13-5)15-2-1-7(16)12-9(15)17/h3H,1-2,4H2,(H,12,16,17). The van der Waals surface area contributed by atoms with Crippen LogP contribution in [-0.2, 0) is 10.7 Å². The third-order valence-corrected chi connectivity index (χ3v) is 2.50. The summed E-state index contributed by atoms with van der Waals surface area (Å²) in [6.45, 7) is 0.0798. The van der Waals surface area contributed by atoms with Crippen LogP contribution >= 0.6 is 11.6 Å². The molecule has 1 aromatic heterocycles. The molecule has 1 N–H and O–H groups in total. The number of urea groups is 1. The van der Waals surface area contributed by atoms with Crippen molar-refractivity contribution in [2.24, 2.45) is 0 Å². The number of carbonyl (C=O) groups is 2. The molecule has 2 heterocycles. The van der Waals surface area contributed by atoms with Crippen LogP contribution in [0.3, 0.4) is 0 Å². The molecule has 0 bridgehead atoms. The smallest absolute Gasteiger partial charge is 0.278 e. The van der Waals surface area contributed by atoms with Crippen LogP contribution in [0.5, 0.6) is 0 Å². The maximum atomic E-state index is 13.6. The summed E-state index contributed by atoms with van der Waals surface area (Å²) in [5, 5.41) is 9.32.